The summed E-state index contributed by atoms with van der Waals surface area (Å²) in [5.41, 5.74) is 6.56. The summed E-state index contributed by atoms with van der Waals surface area (Å²) in [5, 5.41) is 9.47. The van der Waals surface area contributed by atoms with E-state index in [1.54, 1.807) is 6.20 Å². The summed E-state index contributed by atoms with van der Waals surface area (Å²) in [6, 6.07) is 3.95. The molecule has 0 spiro atoms. The van der Waals surface area contributed by atoms with Gasteiger partial charge in [0.2, 0.25) is 11.9 Å². The zero-order chi connectivity index (χ0) is 10.5. The first kappa shape index (κ1) is 9.45. The van der Waals surface area contributed by atoms with E-state index in [1.807, 2.05) is 18.3 Å². The van der Waals surface area contributed by atoms with Crippen molar-refractivity contribution in [1.29, 1.82) is 0 Å². The molecule has 2 rings (SSSR count). The predicted molar refractivity (Wildman–Crippen MR) is 57.2 cm³/mol. The lowest BCUT2D eigenvalue weighted by Gasteiger charge is -2.00. The van der Waals surface area contributed by atoms with Crippen LogP contribution < -0.4 is 11.1 Å². The van der Waals surface area contributed by atoms with Crippen molar-refractivity contribution in [3.63, 3.8) is 0 Å². The van der Waals surface area contributed by atoms with Crippen LogP contribution in [0.2, 0.25) is 0 Å². The summed E-state index contributed by atoms with van der Waals surface area (Å²) in [5.74, 6) is 0.843. The highest BCUT2D eigenvalue weighted by Crippen LogP contribution is 2.00. The number of nitrogens with one attached hydrogen (secondary N) is 2. The molecule has 0 aliphatic carbocycles. The minimum Gasteiger partial charge on any atom is -0.368 e. The van der Waals surface area contributed by atoms with Gasteiger partial charge in [0.15, 0.2) is 0 Å². The summed E-state index contributed by atoms with van der Waals surface area (Å²) in [4.78, 5) is 7.96. The van der Waals surface area contributed by atoms with Crippen LogP contribution >= 0.6 is 0 Å². The van der Waals surface area contributed by atoms with Crippen molar-refractivity contribution < 1.29 is 0 Å². The quantitative estimate of drug-likeness (QED) is 0.671. The summed E-state index contributed by atoms with van der Waals surface area (Å²) in [6.45, 7) is 0.753. The zero-order valence-corrected chi connectivity index (χ0v) is 8.14. The minimum atomic E-state index is 0.318. The summed E-state index contributed by atoms with van der Waals surface area (Å²) in [6.07, 6.45) is 4.48. The molecule has 2 aromatic heterocycles. The van der Waals surface area contributed by atoms with Crippen LogP contribution in [0.25, 0.3) is 0 Å². The van der Waals surface area contributed by atoms with E-state index in [-0.39, 0.29) is 0 Å². The third kappa shape index (κ3) is 2.67. The van der Waals surface area contributed by atoms with Gasteiger partial charge in [-0.2, -0.15) is 4.98 Å². The van der Waals surface area contributed by atoms with Gasteiger partial charge in [0.05, 0.1) is 0 Å². The van der Waals surface area contributed by atoms with E-state index in [1.165, 1.54) is 5.56 Å². The van der Waals surface area contributed by atoms with E-state index < -0.39 is 0 Å². The molecule has 2 aromatic rings. The second-order valence-corrected chi connectivity index (χ2v) is 3.08. The van der Waals surface area contributed by atoms with Crippen LogP contribution in [-0.2, 0) is 6.42 Å². The Bertz CT molecular complexity index is 410. The molecule has 0 aromatic carbocycles. The molecule has 15 heavy (non-hydrogen) atoms. The van der Waals surface area contributed by atoms with Gasteiger partial charge in [0.1, 0.15) is 0 Å². The molecule has 0 bridgehead atoms. The van der Waals surface area contributed by atoms with Crippen LogP contribution in [0.1, 0.15) is 5.56 Å². The van der Waals surface area contributed by atoms with Crippen LogP contribution in [0.15, 0.2) is 24.5 Å². The number of nitrogen functional groups attached to an aromatic ring is 1. The van der Waals surface area contributed by atoms with E-state index in [9.17, 15) is 0 Å². The number of pyridine rings is 1. The smallest absolute Gasteiger partial charge is 0.243 e. The van der Waals surface area contributed by atoms with Gasteiger partial charge in [-0.25, -0.2) is 5.10 Å². The number of hydrogen-bond acceptors (Lipinski definition) is 5. The van der Waals surface area contributed by atoms with Gasteiger partial charge in [-0.15, -0.1) is 5.10 Å². The van der Waals surface area contributed by atoms with Crippen molar-refractivity contribution in [1.82, 2.24) is 20.2 Å². The largest absolute Gasteiger partial charge is 0.368 e. The maximum Gasteiger partial charge on any atom is 0.243 e. The highest BCUT2D eigenvalue weighted by atomic mass is 15.3. The Morgan fingerprint density at radius 1 is 1.47 bits per heavy atom. The predicted octanol–water partition coefficient (Wildman–Crippen LogP) is 0.436. The topological polar surface area (TPSA) is 92.5 Å². The molecule has 0 fully saturated rings. The monoisotopic (exact) mass is 204 g/mol. The number of hydrogen-bond donors (Lipinski definition) is 3. The molecule has 6 nitrogen and oxygen atoms in total. The Hall–Kier alpha value is -2.11. The molecule has 0 saturated carbocycles. The molecular formula is C9H12N6. The molecular weight excluding hydrogens is 192 g/mol. The average Bonchev–Trinajstić information content (AvgIpc) is 2.66. The van der Waals surface area contributed by atoms with E-state index >= 15 is 0 Å². The van der Waals surface area contributed by atoms with E-state index in [0.717, 1.165) is 13.0 Å². The number of H-pyrrole nitrogens is 1. The van der Waals surface area contributed by atoms with Gasteiger partial charge in [0, 0.05) is 18.9 Å². The second-order valence-electron chi connectivity index (χ2n) is 3.08. The molecule has 0 aliphatic heterocycles. The lowest BCUT2D eigenvalue weighted by molar-refractivity contribution is 0.975. The van der Waals surface area contributed by atoms with Gasteiger partial charge in [-0.05, 0) is 18.1 Å². The Balaban J connectivity index is 1.80. The number of anilines is 2. The molecule has 6 heteroatoms. The van der Waals surface area contributed by atoms with Crippen LogP contribution in [-0.4, -0.2) is 26.7 Å². The highest BCUT2D eigenvalue weighted by molar-refractivity contribution is 5.29. The number of rotatable bonds is 4. The molecule has 0 atom stereocenters. The fraction of sp³-hybridized carbons (Fsp3) is 0.222. The SMILES string of the molecule is Nc1nc(NCCc2cccnc2)n[nH]1. The maximum absolute atomic E-state index is 5.38. The molecule has 0 radical (unpaired) electrons. The molecule has 0 unspecified atom stereocenters. The van der Waals surface area contributed by atoms with Crippen LogP contribution in [0, 0.1) is 0 Å². The van der Waals surface area contributed by atoms with Crippen LogP contribution in [0.4, 0.5) is 11.9 Å². The third-order valence-corrected chi connectivity index (χ3v) is 1.92. The normalized spacial score (nSPS) is 10.1. The lowest BCUT2D eigenvalue weighted by Crippen LogP contribution is -2.06. The Labute approximate surface area is 86.9 Å². The molecule has 4 N–H and O–H groups in total. The van der Waals surface area contributed by atoms with E-state index in [2.05, 4.69) is 25.5 Å². The third-order valence-electron chi connectivity index (χ3n) is 1.92. The van der Waals surface area contributed by atoms with E-state index in [4.69, 9.17) is 5.73 Å². The molecule has 0 amide bonds. The lowest BCUT2D eigenvalue weighted by atomic mass is 10.2. The van der Waals surface area contributed by atoms with Gasteiger partial charge >= 0.3 is 0 Å². The van der Waals surface area contributed by atoms with Crippen molar-refractivity contribution in [2.45, 2.75) is 6.42 Å². The fourth-order valence-electron chi connectivity index (χ4n) is 1.22. The van der Waals surface area contributed by atoms with Crippen molar-refractivity contribution in [2.75, 3.05) is 17.6 Å². The van der Waals surface area contributed by atoms with Crippen molar-refractivity contribution >= 4 is 11.9 Å². The summed E-state index contributed by atoms with van der Waals surface area (Å²) < 4.78 is 0. The van der Waals surface area contributed by atoms with E-state index in [0.29, 0.717) is 11.9 Å². The first-order valence-electron chi connectivity index (χ1n) is 4.65. The molecule has 0 aliphatic rings. The first-order valence-corrected chi connectivity index (χ1v) is 4.65. The number of aromatic nitrogens is 4. The van der Waals surface area contributed by atoms with Gasteiger partial charge in [-0.3, -0.25) is 4.98 Å². The second kappa shape index (κ2) is 4.41. The maximum atomic E-state index is 5.38. The van der Waals surface area contributed by atoms with Gasteiger partial charge in [0.25, 0.3) is 0 Å². The Kier molecular flexibility index (Phi) is 2.77. The first-order chi connectivity index (χ1) is 7.34. The fourth-order valence-corrected chi connectivity index (χ4v) is 1.22. The van der Waals surface area contributed by atoms with Gasteiger partial charge in [-0.1, -0.05) is 6.07 Å². The minimum absolute atomic E-state index is 0.318. The highest BCUT2D eigenvalue weighted by Gasteiger charge is 1.98. The summed E-state index contributed by atoms with van der Waals surface area (Å²) in [7, 11) is 0. The molecule has 2 heterocycles. The number of nitrogens with two attached hydrogens (primary N) is 1. The zero-order valence-electron chi connectivity index (χ0n) is 8.14. The summed E-state index contributed by atoms with van der Waals surface area (Å²) >= 11 is 0. The van der Waals surface area contributed by atoms with Crippen molar-refractivity contribution in [3.05, 3.63) is 30.1 Å². The number of nitrogens with zero attached hydrogens (tertiary/aromatic N) is 3. The standard InChI is InChI=1S/C9H12N6/c10-8-13-9(15-14-8)12-5-3-7-2-1-4-11-6-7/h1-2,4,6H,3,5H2,(H4,10,12,13,14,15). The van der Waals surface area contributed by atoms with Crippen molar-refractivity contribution in [2.24, 2.45) is 0 Å². The van der Waals surface area contributed by atoms with Gasteiger partial charge < -0.3 is 11.1 Å². The Morgan fingerprint density at radius 2 is 2.40 bits per heavy atom. The number of aromatic amines is 1. The van der Waals surface area contributed by atoms with Crippen molar-refractivity contribution in [3.8, 4) is 0 Å². The molecule has 78 valence electrons. The van der Waals surface area contributed by atoms with Crippen LogP contribution in [0.5, 0.6) is 0 Å². The Morgan fingerprint density at radius 3 is 3.07 bits per heavy atom. The average molecular weight is 204 g/mol. The molecule has 0 saturated heterocycles. The van der Waals surface area contributed by atoms with Crippen LogP contribution in [0.3, 0.4) is 0 Å².